The van der Waals surface area contributed by atoms with Crippen LogP contribution in [-0.4, -0.2) is 61.2 Å². The molecule has 8 nitrogen and oxygen atoms in total. The summed E-state index contributed by atoms with van der Waals surface area (Å²) >= 11 is 0. The molecule has 1 aromatic heterocycles. The second-order valence-corrected chi connectivity index (χ2v) is 10.3. The van der Waals surface area contributed by atoms with Crippen molar-refractivity contribution in [3.63, 3.8) is 0 Å². The minimum Gasteiger partial charge on any atom is -0.497 e. The number of nitrogens with zero attached hydrogens (tertiary/aromatic N) is 1. The normalized spacial score (nSPS) is 16.6. The Bertz CT molecular complexity index is 1010. The zero-order valence-electron chi connectivity index (χ0n) is 21.9. The fraction of sp³-hybridized carbons (Fsp3) is 0.556. The van der Waals surface area contributed by atoms with Gasteiger partial charge in [-0.25, -0.2) is 4.79 Å². The van der Waals surface area contributed by atoms with E-state index in [0.29, 0.717) is 47.9 Å². The van der Waals surface area contributed by atoms with Crippen LogP contribution in [-0.2, 0) is 17.7 Å². The largest absolute Gasteiger partial charge is 0.497 e. The SMILES string of the molecule is CCc1c(C(=O)OC(C)(C)C)[nH]c(CNc2ccc(OC)cc2)c1C(=O)NCC1CCCN(C)C1. The molecular formula is C27H40N4O4. The minimum atomic E-state index is -0.635. The number of anilines is 1. The first-order chi connectivity index (χ1) is 16.6. The first-order valence-electron chi connectivity index (χ1n) is 12.4. The lowest BCUT2D eigenvalue weighted by Gasteiger charge is -2.29. The Morgan fingerprint density at radius 2 is 1.91 bits per heavy atom. The number of hydrogen-bond donors (Lipinski definition) is 3. The van der Waals surface area contributed by atoms with Crippen molar-refractivity contribution >= 4 is 17.6 Å². The summed E-state index contributed by atoms with van der Waals surface area (Å²) in [4.78, 5) is 31.9. The van der Waals surface area contributed by atoms with Crippen LogP contribution in [0.5, 0.6) is 5.75 Å². The molecule has 1 amide bonds. The zero-order valence-corrected chi connectivity index (χ0v) is 21.9. The monoisotopic (exact) mass is 484 g/mol. The van der Waals surface area contributed by atoms with E-state index in [1.165, 1.54) is 0 Å². The van der Waals surface area contributed by atoms with Crippen LogP contribution in [0.2, 0.25) is 0 Å². The molecule has 2 aromatic rings. The van der Waals surface area contributed by atoms with E-state index in [1.807, 2.05) is 52.0 Å². The van der Waals surface area contributed by atoms with E-state index in [1.54, 1.807) is 7.11 Å². The zero-order chi connectivity index (χ0) is 25.6. The maximum atomic E-state index is 13.4. The van der Waals surface area contributed by atoms with Crippen LogP contribution in [0.3, 0.4) is 0 Å². The van der Waals surface area contributed by atoms with Gasteiger partial charge in [-0.1, -0.05) is 6.92 Å². The third-order valence-electron chi connectivity index (χ3n) is 6.20. The average Bonchev–Trinajstić information content (AvgIpc) is 3.19. The highest BCUT2D eigenvalue weighted by Crippen LogP contribution is 2.25. The quantitative estimate of drug-likeness (QED) is 0.461. The lowest BCUT2D eigenvalue weighted by Crippen LogP contribution is -2.39. The third-order valence-corrected chi connectivity index (χ3v) is 6.20. The summed E-state index contributed by atoms with van der Waals surface area (Å²) in [5.41, 5.74) is 2.47. The van der Waals surface area contributed by atoms with Crippen molar-refractivity contribution in [1.82, 2.24) is 15.2 Å². The standard InChI is InChI=1S/C27H40N4O4/c1-7-21-23(25(32)29-15-18-9-8-14-31(5)17-18)22(30-24(21)26(33)35-27(2,3)4)16-28-19-10-12-20(34-6)13-11-19/h10-13,18,28,30H,7-9,14-17H2,1-6H3,(H,29,32). The molecule has 8 heteroatoms. The Morgan fingerprint density at radius 3 is 2.51 bits per heavy atom. The van der Waals surface area contributed by atoms with Crippen LogP contribution in [0.15, 0.2) is 24.3 Å². The van der Waals surface area contributed by atoms with Gasteiger partial charge in [0.2, 0.25) is 0 Å². The molecule has 1 saturated heterocycles. The maximum Gasteiger partial charge on any atom is 0.355 e. The first kappa shape index (κ1) is 26.6. The molecule has 3 N–H and O–H groups in total. The fourth-order valence-electron chi connectivity index (χ4n) is 4.52. The van der Waals surface area contributed by atoms with Gasteiger partial charge in [0.05, 0.1) is 19.2 Å². The van der Waals surface area contributed by atoms with Crippen molar-refractivity contribution in [3.8, 4) is 5.75 Å². The van der Waals surface area contributed by atoms with Crippen molar-refractivity contribution in [2.75, 3.05) is 39.1 Å². The number of amides is 1. The molecule has 0 aliphatic carbocycles. The van der Waals surface area contributed by atoms with Crippen LogP contribution in [0.1, 0.15) is 72.6 Å². The highest BCUT2D eigenvalue weighted by atomic mass is 16.6. The molecular weight excluding hydrogens is 444 g/mol. The molecule has 1 aliphatic rings. The Hall–Kier alpha value is -3.00. The summed E-state index contributed by atoms with van der Waals surface area (Å²) < 4.78 is 10.9. The van der Waals surface area contributed by atoms with Gasteiger partial charge in [0.15, 0.2) is 0 Å². The molecule has 0 spiro atoms. The van der Waals surface area contributed by atoms with Crippen molar-refractivity contribution in [1.29, 1.82) is 0 Å². The number of benzene rings is 1. The van der Waals surface area contributed by atoms with Crippen molar-refractivity contribution in [3.05, 3.63) is 46.8 Å². The Kier molecular flexibility index (Phi) is 8.83. The van der Waals surface area contributed by atoms with Crippen LogP contribution in [0.25, 0.3) is 0 Å². The van der Waals surface area contributed by atoms with Gasteiger partial charge in [0.25, 0.3) is 5.91 Å². The van der Waals surface area contributed by atoms with Crippen LogP contribution in [0, 0.1) is 5.92 Å². The Balaban J connectivity index is 1.85. The van der Waals surface area contributed by atoms with Gasteiger partial charge >= 0.3 is 5.97 Å². The maximum absolute atomic E-state index is 13.4. The number of aromatic nitrogens is 1. The van der Waals surface area contributed by atoms with Crippen molar-refractivity contribution in [2.24, 2.45) is 5.92 Å². The van der Waals surface area contributed by atoms with Gasteiger partial charge in [-0.05, 0) is 89.4 Å². The number of piperidine rings is 1. The summed E-state index contributed by atoms with van der Waals surface area (Å²) in [6, 6.07) is 7.57. The number of aromatic amines is 1. The molecule has 1 fully saturated rings. The summed E-state index contributed by atoms with van der Waals surface area (Å²) in [5, 5.41) is 6.48. The number of H-pyrrole nitrogens is 1. The number of nitrogens with one attached hydrogen (secondary N) is 3. The number of hydrogen-bond acceptors (Lipinski definition) is 6. The second-order valence-electron chi connectivity index (χ2n) is 10.3. The van der Waals surface area contributed by atoms with Gasteiger partial charge in [0.1, 0.15) is 17.0 Å². The molecule has 1 aliphatic heterocycles. The molecule has 192 valence electrons. The molecule has 0 radical (unpaired) electrons. The summed E-state index contributed by atoms with van der Waals surface area (Å²) in [5.74, 6) is 0.581. The van der Waals surface area contributed by atoms with E-state index in [-0.39, 0.29) is 5.91 Å². The number of likely N-dealkylation sites (tertiary alicyclic amines) is 1. The number of rotatable bonds is 9. The van der Waals surface area contributed by atoms with E-state index < -0.39 is 11.6 Å². The van der Waals surface area contributed by atoms with E-state index in [9.17, 15) is 9.59 Å². The number of esters is 1. The Morgan fingerprint density at radius 1 is 1.20 bits per heavy atom. The predicted octanol–water partition coefficient (Wildman–Crippen LogP) is 4.22. The highest BCUT2D eigenvalue weighted by Gasteiger charge is 2.29. The number of carbonyl (C=O) groups is 2. The van der Waals surface area contributed by atoms with Gasteiger partial charge < -0.3 is 30.0 Å². The predicted molar refractivity (Wildman–Crippen MR) is 138 cm³/mol. The van der Waals surface area contributed by atoms with E-state index in [4.69, 9.17) is 9.47 Å². The summed E-state index contributed by atoms with van der Waals surface area (Å²) in [7, 11) is 3.74. The molecule has 0 saturated carbocycles. The molecule has 1 atom stereocenters. The molecule has 0 bridgehead atoms. The van der Waals surface area contributed by atoms with E-state index >= 15 is 0 Å². The summed E-state index contributed by atoms with van der Waals surface area (Å²) in [6.45, 7) is 10.5. The van der Waals surface area contributed by atoms with Gasteiger partial charge in [-0.15, -0.1) is 0 Å². The molecule has 3 rings (SSSR count). The number of ether oxygens (including phenoxy) is 2. The van der Waals surface area contributed by atoms with Crippen molar-refractivity contribution < 1.29 is 19.1 Å². The first-order valence-corrected chi connectivity index (χ1v) is 12.4. The van der Waals surface area contributed by atoms with Gasteiger partial charge in [0, 0.05) is 24.5 Å². The highest BCUT2D eigenvalue weighted by molar-refractivity contribution is 6.01. The lowest BCUT2D eigenvalue weighted by atomic mass is 9.98. The second kappa shape index (κ2) is 11.6. The van der Waals surface area contributed by atoms with Crippen LogP contribution < -0.4 is 15.4 Å². The van der Waals surface area contributed by atoms with Gasteiger partial charge in [-0.3, -0.25) is 4.79 Å². The van der Waals surface area contributed by atoms with Crippen molar-refractivity contribution in [2.45, 2.75) is 59.1 Å². The minimum absolute atomic E-state index is 0.160. The molecule has 1 unspecified atom stereocenters. The summed E-state index contributed by atoms with van der Waals surface area (Å²) in [6.07, 6.45) is 2.77. The van der Waals surface area contributed by atoms with Crippen LogP contribution >= 0.6 is 0 Å². The molecule has 1 aromatic carbocycles. The number of methoxy groups -OCH3 is 1. The third kappa shape index (κ3) is 7.24. The molecule has 35 heavy (non-hydrogen) atoms. The number of carbonyl (C=O) groups excluding carboxylic acids is 2. The fourth-order valence-corrected chi connectivity index (χ4v) is 4.52. The van der Waals surface area contributed by atoms with E-state index in [0.717, 1.165) is 37.4 Å². The topological polar surface area (TPSA) is 95.7 Å². The Labute approximate surface area is 208 Å². The lowest BCUT2D eigenvalue weighted by molar-refractivity contribution is 0.00622. The van der Waals surface area contributed by atoms with Gasteiger partial charge in [-0.2, -0.15) is 0 Å². The van der Waals surface area contributed by atoms with E-state index in [2.05, 4.69) is 27.6 Å². The van der Waals surface area contributed by atoms with Crippen LogP contribution in [0.4, 0.5) is 5.69 Å². The smallest absolute Gasteiger partial charge is 0.355 e. The molecule has 2 heterocycles. The average molecular weight is 485 g/mol.